The van der Waals surface area contributed by atoms with Gasteiger partial charge in [-0.1, -0.05) is 11.6 Å². The van der Waals surface area contributed by atoms with Gasteiger partial charge in [-0.25, -0.2) is 8.42 Å². The molecular weight excluding hydrogens is 306 g/mol. The van der Waals surface area contributed by atoms with Crippen molar-refractivity contribution in [2.24, 2.45) is 0 Å². The third-order valence-corrected chi connectivity index (χ3v) is 5.27. The fourth-order valence-electron chi connectivity index (χ4n) is 1.36. The van der Waals surface area contributed by atoms with E-state index < -0.39 is 10.0 Å². The fraction of sp³-hybridized carbons (Fsp3) is 0. The summed E-state index contributed by atoms with van der Waals surface area (Å²) in [6, 6.07) is 7.59. The van der Waals surface area contributed by atoms with E-state index in [4.69, 9.17) is 22.6 Å². The maximum atomic E-state index is 12.1. The van der Waals surface area contributed by atoms with Gasteiger partial charge in [-0.3, -0.25) is 4.72 Å². The van der Waals surface area contributed by atoms with Gasteiger partial charge in [-0.05, 0) is 24.3 Å². The second kappa shape index (κ2) is 5.09. The number of rotatable bonds is 3. The maximum absolute atomic E-state index is 12.1. The van der Waals surface area contributed by atoms with Crippen molar-refractivity contribution in [1.82, 2.24) is 0 Å². The van der Waals surface area contributed by atoms with Gasteiger partial charge in [-0.2, -0.15) is 5.26 Å². The van der Waals surface area contributed by atoms with E-state index in [2.05, 4.69) is 4.72 Å². The minimum absolute atomic E-state index is 0.0777. The molecule has 0 bridgehead atoms. The Morgan fingerprint density at radius 3 is 2.68 bits per heavy atom. The molecule has 0 saturated carbocycles. The lowest BCUT2D eigenvalue weighted by Gasteiger charge is -2.08. The summed E-state index contributed by atoms with van der Waals surface area (Å²) >= 11 is 6.79. The van der Waals surface area contributed by atoms with Crippen molar-refractivity contribution in [1.29, 1.82) is 5.26 Å². The highest BCUT2D eigenvalue weighted by Crippen LogP contribution is 2.27. The van der Waals surface area contributed by atoms with E-state index in [1.165, 1.54) is 29.6 Å². The third-order valence-electron chi connectivity index (χ3n) is 2.21. The minimum Gasteiger partial charge on any atom is -0.398 e. The highest BCUT2D eigenvalue weighted by molar-refractivity contribution is 7.94. The predicted molar refractivity (Wildman–Crippen MR) is 75.7 cm³/mol. The van der Waals surface area contributed by atoms with Crippen LogP contribution in [0.1, 0.15) is 5.56 Å². The Morgan fingerprint density at radius 1 is 1.37 bits per heavy atom. The van der Waals surface area contributed by atoms with Crippen molar-refractivity contribution in [3.63, 3.8) is 0 Å². The van der Waals surface area contributed by atoms with Gasteiger partial charge >= 0.3 is 0 Å². The number of nitrogens with one attached hydrogen (secondary N) is 1. The summed E-state index contributed by atoms with van der Waals surface area (Å²) in [7, 11) is -3.76. The Balaban J connectivity index is 2.41. The number of sulfonamides is 1. The molecule has 3 N–H and O–H groups in total. The van der Waals surface area contributed by atoms with Crippen LogP contribution in [0.4, 0.5) is 11.4 Å². The Labute approximate surface area is 119 Å². The minimum atomic E-state index is -3.76. The first-order valence-electron chi connectivity index (χ1n) is 4.99. The van der Waals surface area contributed by atoms with Crippen molar-refractivity contribution in [3.8, 4) is 6.07 Å². The number of hydrogen-bond acceptors (Lipinski definition) is 5. The number of anilines is 2. The van der Waals surface area contributed by atoms with Crippen LogP contribution in [0.2, 0.25) is 5.02 Å². The summed E-state index contributed by atoms with van der Waals surface area (Å²) in [4.78, 5) is 0. The van der Waals surface area contributed by atoms with Crippen molar-refractivity contribution >= 4 is 44.3 Å². The maximum Gasteiger partial charge on any atom is 0.271 e. The molecule has 1 aromatic carbocycles. The van der Waals surface area contributed by atoms with Crippen LogP contribution < -0.4 is 10.5 Å². The Hall–Kier alpha value is -1.75. The van der Waals surface area contributed by atoms with Gasteiger partial charge in [0.05, 0.1) is 11.3 Å². The number of nitrogens with zero attached hydrogens (tertiary/aromatic N) is 1. The first-order valence-corrected chi connectivity index (χ1v) is 7.73. The molecule has 0 radical (unpaired) electrons. The van der Waals surface area contributed by atoms with E-state index in [1.807, 2.05) is 6.07 Å². The van der Waals surface area contributed by atoms with Crippen LogP contribution in [0.25, 0.3) is 0 Å². The smallest absolute Gasteiger partial charge is 0.271 e. The summed E-state index contributed by atoms with van der Waals surface area (Å²) in [5.41, 5.74) is 6.20. The van der Waals surface area contributed by atoms with Gasteiger partial charge in [0, 0.05) is 16.1 Å². The van der Waals surface area contributed by atoms with Crippen molar-refractivity contribution in [2.75, 3.05) is 10.5 Å². The molecular formula is C11H8ClN3O2S2. The molecule has 0 saturated heterocycles. The van der Waals surface area contributed by atoms with Gasteiger partial charge < -0.3 is 5.73 Å². The van der Waals surface area contributed by atoms with Crippen LogP contribution in [0.15, 0.2) is 33.9 Å². The van der Waals surface area contributed by atoms with Gasteiger partial charge in [0.25, 0.3) is 10.0 Å². The molecule has 0 fully saturated rings. The highest BCUT2D eigenvalue weighted by atomic mass is 35.5. The van der Waals surface area contributed by atoms with Gasteiger partial charge in [-0.15, -0.1) is 11.3 Å². The summed E-state index contributed by atoms with van der Waals surface area (Å²) in [5.74, 6) is 0. The van der Waals surface area contributed by atoms with Crippen LogP contribution in [0.3, 0.4) is 0 Å². The van der Waals surface area contributed by atoms with Crippen LogP contribution in [-0.4, -0.2) is 8.42 Å². The van der Waals surface area contributed by atoms with Gasteiger partial charge in [0.2, 0.25) is 0 Å². The summed E-state index contributed by atoms with van der Waals surface area (Å²) in [6.07, 6.45) is 0. The normalized spacial score (nSPS) is 10.9. The molecule has 8 heteroatoms. The topological polar surface area (TPSA) is 96.0 Å². The molecule has 0 atom stereocenters. The highest BCUT2D eigenvalue weighted by Gasteiger charge is 2.18. The van der Waals surface area contributed by atoms with Gasteiger partial charge in [0.15, 0.2) is 0 Å². The molecule has 2 aromatic rings. The molecule has 0 aliphatic rings. The van der Waals surface area contributed by atoms with Crippen LogP contribution >= 0.6 is 22.9 Å². The van der Waals surface area contributed by atoms with E-state index in [0.717, 1.165) is 11.3 Å². The summed E-state index contributed by atoms with van der Waals surface area (Å²) < 4.78 is 26.6. The first kappa shape index (κ1) is 13.7. The van der Waals surface area contributed by atoms with E-state index in [0.29, 0.717) is 10.7 Å². The zero-order valence-corrected chi connectivity index (χ0v) is 11.8. The largest absolute Gasteiger partial charge is 0.398 e. The molecule has 0 amide bonds. The lowest BCUT2D eigenvalue weighted by molar-refractivity contribution is 0.603. The first-order chi connectivity index (χ1) is 8.92. The Bertz CT molecular complexity index is 762. The van der Waals surface area contributed by atoms with Crippen LogP contribution in [0, 0.1) is 11.3 Å². The lowest BCUT2D eigenvalue weighted by Crippen LogP contribution is -2.12. The average molecular weight is 314 g/mol. The van der Waals surface area contributed by atoms with E-state index >= 15 is 0 Å². The number of hydrogen-bond donors (Lipinski definition) is 2. The Morgan fingerprint density at radius 2 is 2.11 bits per heavy atom. The number of halogens is 1. The number of nitrogens with two attached hydrogens (primary N) is 1. The summed E-state index contributed by atoms with van der Waals surface area (Å²) in [5, 5.41) is 10.8. The molecule has 1 aromatic heterocycles. The van der Waals surface area contributed by atoms with Crippen molar-refractivity contribution in [2.45, 2.75) is 4.21 Å². The standard InChI is InChI=1S/C11H8ClN3O2S2/c12-8-2-1-7(5-13)10(3-8)15-19(16,17)11-4-9(14)6-18-11/h1-4,6,15H,14H2. The van der Waals surface area contributed by atoms with Crippen molar-refractivity contribution in [3.05, 3.63) is 40.2 Å². The second-order valence-corrected chi connectivity index (χ2v) is 6.86. The molecule has 1 heterocycles. The molecule has 98 valence electrons. The second-order valence-electron chi connectivity index (χ2n) is 3.61. The number of thiophene rings is 1. The van der Waals surface area contributed by atoms with Crippen LogP contribution in [-0.2, 0) is 10.0 Å². The zero-order valence-electron chi connectivity index (χ0n) is 9.42. The lowest BCUT2D eigenvalue weighted by atomic mass is 10.2. The molecule has 0 aliphatic heterocycles. The van der Waals surface area contributed by atoms with E-state index in [1.54, 1.807) is 0 Å². The molecule has 0 aliphatic carbocycles. The van der Waals surface area contributed by atoms with E-state index in [-0.39, 0.29) is 15.5 Å². The number of benzene rings is 1. The van der Waals surface area contributed by atoms with Gasteiger partial charge in [0.1, 0.15) is 10.3 Å². The molecule has 0 spiro atoms. The fourth-order valence-corrected chi connectivity index (χ4v) is 3.69. The average Bonchev–Trinajstić information content (AvgIpc) is 2.76. The van der Waals surface area contributed by atoms with Crippen molar-refractivity contribution < 1.29 is 8.42 Å². The van der Waals surface area contributed by atoms with E-state index in [9.17, 15) is 8.42 Å². The molecule has 0 unspecified atom stereocenters. The molecule has 19 heavy (non-hydrogen) atoms. The number of nitrogen functional groups attached to an aromatic ring is 1. The number of nitriles is 1. The molecule has 5 nitrogen and oxygen atoms in total. The zero-order chi connectivity index (χ0) is 14.0. The summed E-state index contributed by atoms with van der Waals surface area (Å²) in [6.45, 7) is 0. The SMILES string of the molecule is N#Cc1ccc(Cl)cc1NS(=O)(=O)c1cc(N)cs1. The monoisotopic (exact) mass is 313 g/mol. The quantitative estimate of drug-likeness (QED) is 0.910. The third kappa shape index (κ3) is 2.98. The molecule has 2 rings (SSSR count). The predicted octanol–water partition coefficient (Wildman–Crippen LogP) is 2.66. The Kier molecular flexibility index (Phi) is 3.66. The van der Waals surface area contributed by atoms with Crippen LogP contribution in [0.5, 0.6) is 0 Å².